The van der Waals surface area contributed by atoms with Gasteiger partial charge < -0.3 is 15.4 Å². The van der Waals surface area contributed by atoms with Crippen LogP contribution in [0.3, 0.4) is 0 Å². The fourth-order valence-corrected chi connectivity index (χ4v) is 5.37. The highest BCUT2D eigenvalue weighted by atomic mass is 32.2. The van der Waals surface area contributed by atoms with Crippen molar-refractivity contribution in [1.29, 1.82) is 0 Å². The average Bonchev–Trinajstić information content (AvgIpc) is 3.17. The molecular weight excluding hydrogens is 478 g/mol. The van der Waals surface area contributed by atoms with Gasteiger partial charge in [-0.05, 0) is 94.5 Å². The zero-order valence-electron chi connectivity index (χ0n) is 21.1. The molecule has 9 nitrogen and oxygen atoms in total. The Bertz CT molecular complexity index is 1410. The summed E-state index contributed by atoms with van der Waals surface area (Å²) in [6.07, 6.45) is 2.06. The van der Waals surface area contributed by atoms with E-state index in [4.69, 9.17) is 15.5 Å². The first-order chi connectivity index (χ1) is 17.0. The zero-order chi connectivity index (χ0) is 26.2. The Kier molecular flexibility index (Phi) is 6.90. The van der Waals surface area contributed by atoms with Gasteiger partial charge in [0, 0.05) is 12.1 Å². The van der Waals surface area contributed by atoms with Gasteiger partial charge in [-0.2, -0.15) is 13.4 Å². The van der Waals surface area contributed by atoms with Crippen LogP contribution in [0.4, 0.5) is 11.6 Å². The highest BCUT2D eigenvalue weighted by Gasteiger charge is 2.30. The lowest BCUT2D eigenvalue weighted by Crippen LogP contribution is -2.34. The highest BCUT2D eigenvalue weighted by Crippen LogP contribution is 2.34. The van der Waals surface area contributed by atoms with Gasteiger partial charge in [0.25, 0.3) is 15.9 Å². The normalized spacial score (nSPS) is 17.8. The molecule has 1 fully saturated rings. The second-order valence-corrected chi connectivity index (χ2v) is 10.9. The van der Waals surface area contributed by atoms with Crippen LogP contribution >= 0.6 is 0 Å². The van der Waals surface area contributed by atoms with E-state index in [9.17, 15) is 13.2 Å². The third-order valence-corrected chi connectivity index (χ3v) is 8.00. The zero-order valence-corrected chi connectivity index (χ0v) is 21.9. The van der Waals surface area contributed by atoms with Gasteiger partial charge in [-0.15, -0.1) is 0 Å². The number of hydrogen-bond donors (Lipinski definition) is 2. The predicted octanol–water partition coefficient (Wildman–Crippen LogP) is 4.27. The van der Waals surface area contributed by atoms with Crippen LogP contribution in [0.2, 0.25) is 0 Å². The average molecular weight is 510 g/mol. The minimum Gasteiger partial charge on any atom is -0.438 e. The molecule has 2 aromatic heterocycles. The predicted molar refractivity (Wildman–Crippen MR) is 139 cm³/mol. The van der Waals surface area contributed by atoms with E-state index in [0.717, 1.165) is 29.5 Å². The minimum atomic E-state index is -4.27. The molecule has 0 radical (unpaired) electrons. The maximum absolute atomic E-state index is 13.2. The van der Waals surface area contributed by atoms with E-state index in [1.165, 1.54) is 18.2 Å². The molecule has 1 aliphatic heterocycles. The number of aromatic nitrogens is 2. The summed E-state index contributed by atoms with van der Waals surface area (Å²) in [5.41, 5.74) is 8.69. The monoisotopic (exact) mass is 509 g/mol. The summed E-state index contributed by atoms with van der Waals surface area (Å²) in [6, 6.07) is 11.7. The Morgan fingerprint density at radius 2 is 1.69 bits per heavy atom. The molecule has 3 aromatic rings. The van der Waals surface area contributed by atoms with E-state index in [-0.39, 0.29) is 34.4 Å². The molecular formula is C26H31N5O4S. The van der Waals surface area contributed by atoms with Crippen molar-refractivity contribution < 1.29 is 17.9 Å². The number of anilines is 2. The maximum Gasteiger partial charge on any atom is 0.281 e. The molecule has 10 heteroatoms. The Morgan fingerprint density at radius 3 is 2.36 bits per heavy atom. The molecule has 0 aliphatic carbocycles. The topological polar surface area (TPSA) is 128 Å². The molecule has 1 amide bonds. The number of benzene rings is 1. The summed E-state index contributed by atoms with van der Waals surface area (Å²) >= 11 is 0. The highest BCUT2D eigenvalue weighted by molar-refractivity contribution is 7.90. The van der Waals surface area contributed by atoms with Crippen LogP contribution in [0.15, 0.2) is 47.5 Å². The first-order valence-corrected chi connectivity index (χ1v) is 13.3. The molecule has 1 aliphatic rings. The van der Waals surface area contributed by atoms with Gasteiger partial charge >= 0.3 is 0 Å². The van der Waals surface area contributed by atoms with E-state index in [2.05, 4.69) is 28.5 Å². The summed E-state index contributed by atoms with van der Waals surface area (Å²) in [4.78, 5) is 23.9. The molecule has 3 heterocycles. The molecule has 0 unspecified atom stereocenters. The Balaban J connectivity index is 1.74. The number of amides is 1. The molecule has 190 valence electrons. The maximum atomic E-state index is 13.2. The number of carbonyl (C=O) groups excluding carboxylic acids is 1. The van der Waals surface area contributed by atoms with Crippen molar-refractivity contribution in [3.63, 3.8) is 0 Å². The number of rotatable bonds is 6. The van der Waals surface area contributed by atoms with Crippen LogP contribution in [0.1, 0.15) is 53.7 Å². The Hall–Kier alpha value is -3.66. The van der Waals surface area contributed by atoms with Crippen molar-refractivity contribution in [2.24, 2.45) is 0 Å². The summed E-state index contributed by atoms with van der Waals surface area (Å²) < 4.78 is 33.9. The summed E-state index contributed by atoms with van der Waals surface area (Å²) in [6.45, 7) is 10.2. The molecule has 36 heavy (non-hydrogen) atoms. The Labute approximate surface area is 211 Å². The van der Waals surface area contributed by atoms with Gasteiger partial charge in [0.05, 0.1) is 0 Å². The summed E-state index contributed by atoms with van der Waals surface area (Å²) in [5, 5.41) is -0.354. The van der Waals surface area contributed by atoms with Gasteiger partial charge in [0.1, 0.15) is 22.9 Å². The Morgan fingerprint density at radius 1 is 1.00 bits per heavy atom. The van der Waals surface area contributed by atoms with Crippen molar-refractivity contribution in [3.05, 3.63) is 64.7 Å². The number of nitrogens with one attached hydrogen (secondary N) is 1. The SMILES string of the molecule is Cc1ccc(Oc2nc(N3[C@H](C)CC[C@@H]3C)ccc2C(=O)NS(=O)(=O)c2cccc(N)n2)c(C)c1C. The molecule has 0 bridgehead atoms. The largest absolute Gasteiger partial charge is 0.438 e. The van der Waals surface area contributed by atoms with E-state index in [0.29, 0.717) is 11.6 Å². The van der Waals surface area contributed by atoms with Crippen LogP contribution in [0.5, 0.6) is 11.6 Å². The first-order valence-electron chi connectivity index (χ1n) is 11.8. The molecule has 0 saturated carbocycles. The third-order valence-electron chi connectivity index (χ3n) is 6.77. The molecule has 4 rings (SSSR count). The number of aryl methyl sites for hydroxylation is 1. The van der Waals surface area contributed by atoms with Crippen molar-refractivity contribution in [1.82, 2.24) is 14.7 Å². The van der Waals surface area contributed by atoms with Crippen LogP contribution in [-0.4, -0.2) is 36.4 Å². The smallest absolute Gasteiger partial charge is 0.281 e. The standard InChI is InChI=1S/C26H31N5O4S/c1-15-9-13-21(19(5)18(15)4)35-26-20(12-14-23(29-26)31-16(2)10-11-17(31)3)25(32)30-36(33,34)24-8-6-7-22(27)28-24/h6-9,12-14,16-17H,10-11H2,1-5H3,(H2,27,28)(H,30,32)/t16-,17+. The van der Waals surface area contributed by atoms with E-state index in [1.807, 2.05) is 32.9 Å². The van der Waals surface area contributed by atoms with Crippen LogP contribution in [-0.2, 0) is 10.0 Å². The quantitative estimate of drug-likeness (QED) is 0.504. The third kappa shape index (κ3) is 4.99. The number of carbonyl (C=O) groups is 1. The van der Waals surface area contributed by atoms with Gasteiger partial charge in [-0.25, -0.2) is 9.71 Å². The summed E-state index contributed by atoms with van der Waals surface area (Å²) in [5.74, 6) is 0.385. The number of nitrogens with zero attached hydrogens (tertiary/aromatic N) is 3. The number of sulfonamides is 1. The second-order valence-electron chi connectivity index (χ2n) is 9.27. The number of nitrogen functional groups attached to an aromatic ring is 1. The number of ether oxygens (including phenoxy) is 1. The van der Waals surface area contributed by atoms with Crippen molar-refractivity contribution in [2.75, 3.05) is 10.6 Å². The first kappa shape index (κ1) is 25.4. The minimum absolute atomic E-state index is 0.0108. The summed E-state index contributed by atoms with van der Waals surface area (Å²) in [7, 11) is -4.27. The van der Waals surface area contributed by atoms with Crippen LogP contribution in [0, 0.1) is 20.8 Å². The number of nitrogens with two attached hydrogens (primary N) is 1. The van der Waals surface area contributed by atoms with Crippen molar-refractivity contribution in [3.8, 4) is 11.6 Å². The lowest BCUT2D eigenvalue weighted by Gasteiger charge is -2.28. The lowest BCUT2D eigenvalue weighted by atomic mass is 10.0. The molecule has 0 spiro atoms. The van der Waals surface area contributed by atoms with Crippen molar-refractivity contribution in [2.45, 2.75) is 64.6 Å². The molecule has 1 aromatic carbocycles. The van der Waals surface area contributed by atoms with Gasteiger partial charge in [0.15, 0.2) is 5.03 Å². The van der Waals surface area contributed by atoms with E-state index >= 15 is 0 Å². The molecule has 3 N–H and O–H groups in total. The number of hydrogen-bond acceptors (Lipinski definition) is 8. The van der Waals surface area contributed by atoms with Crippen molar-refractivity contribution >= 4 is 27.6 Å². The van der Waals surface area contributed by atoms with Crippen LogP contribution in [0.25, 0.3) is 0 Å². The molecule has 1 saturated heterocycles. The second kappa shape index (κ2) is 9.77. The fourth-order valence-electron chi connectivity index (χ4n) is 4.43. The molecule has 2 atom stereocenters. The lowest BCUT2D eigenvalue weighted by molar-refractivity contribution is 0.0978. The van der Waals surface area contributed by atoms with Gasteiger partial charge in [-0.1, -0.05) is 12.1 Å². The van der Waals surface area contributed by atoms with Crippen LogP contribution < -0.4 is 20.1 Å². The van der Waals surface area contributed by atoms with E-state index in [1.54, 1.807) is 12.1 Å². The van der Waals surface area contributed by atoms with E-state index < -0.39 is 15.9 Å². The number of pyridine rings is 2. The van der Waals surface area contributed by atoms with Gasteiger partial charge in [0.2, 0.25) is 5.88 Å². The van der Waals surface area contributed by atoms with Gasteiger partial charge in [-0.3, -0.25) is 4.79 Å². The fraction of sp³-hybridized carbons (Fsp3) is 0.346.